The molecule has 0 spiro atoms. The molecule has 0 aliphatic rings. The lowest BCUT2D eigenvalue weighted by Gasteiger charge is -2.11. The maximum absolute atomic E-state index is 13.4. The molecule has 0 heterocycles. The van der Waals surface area contributed by atoms with Gasteiger partial charge in [-0.15, -0.1) is 0 Å². The number of benzene rings is 2. The van der Waals surface area contributed by atoms with Crippen molar-refractivity contribution in [2.45, 2.75) is 19.9 Å². The second kappa shape index (κ2) is 7.66. The fourth-order valence-electron chi connectivity index (χ4n) is 1.79. The molecule has 21 heavy (non-hydrogen) atoms. The zero-order valence-electron chi connectivity index (χ0n) is 11.6. The normalized spacial score (nSPS) is 10.5. The molecule has 2 aromatic rings. The first-order valence-electron chi connectivity index (χ1n) is 6.70. The molecule has 0 aliphatic carbocycles. The molecule has 2 nitrogen and oxygen atoms in total. The van der Waals surface area contributed by atoms with Gasteiger partial charge in [0.05, 0.1) is 16.1 Å². The minimum absolute atomic E-state index is 0.268. The topological polar surface area (TPSA) is 21.3 Å². The summed E-state index contributed by atoms with van der Waals surface area (Å²) in [7, 11) is 0. The summed E-state index contributed by atoms with van der Waals surface area (Å²) in [6, 6.07) is 10.6. The van der Waals surface area contributed by atoms with Crippen LogP contribution in [0.4, 0.5) is 10.1 Å². The second-order valence-electron chi connectivity index (χ2n) is 4.60. The Bertz CT molecular complexity index is 621. The SMILES string of the molecule is CCCOc1ccc(NCc2ccc(Br)c(F)c2)cc1Cl. The van der Waals surface area contributed by atoms with Crippen molar-refractivity contribution in [1.29, 1.82) is 0 Å². The van der Waals surface area contributed by atoms with E-state index in [-0.39, 0.29) is 5.82 Å². The van der Waals surface area contributed by atoms with Crippen molar-refractivity contribution >= 4 is 33.2 Å². The first kappa shape index (κ1) is 16.1. The fourth-order valence-corrected chi connectivity index (χ4v) is 2.28. The third-order valence-electron chi connectivity index (χ3n) is 2.87. The van der Waals surface area contributed by atoms with Gasteiger partial charge in [-0.3, -0.25) is 0 Å². The molecule has 0 saturated carbocycles. The predicted octanol–water partition coefficient (Wildman–Crippen LogP) is 5.64. The summed E-state index contributed by atoms with van der Waals surface area (Å²) in [5, 5.41) is 3.78. The predicted molar refractivity (Wildman–Crippen MR) is 88.7 cm³/mol. The standard InChI is InChI=1S/C16H16BrClFNO/c1-2-7-21-16-6-4-12(9-14(16)18)20-10-11-3-5-13(17)15(19)8-11/h3-6,8-9,20H,2,7,10H2,1H3. The first-order valence-corrected chi connectivity index (χ1v) is 7.87. The molecule has 0 unspecified atom stereocenters. The Morgan fingerprint density at radius 3 is 2.71 bits per heavy atom. The van der Waals surface area contributed by atoms with Gasteiger partial charge in [0.2, 0.25) is 0 Å². The molecule has 0 radical (unpaired) electrons. The van der Waals surface area contributed by atoms with Gasteiger partial charge in [0, 0.05) is 12.2 Å². The third-order valence-corrected chi connectivity index (χ3v) is 3.81. The van der Waals surface area contributed by atoms with Gasteiger partial charge in [-0.2, -0.15) is 0 Å². The molecule has 2 aromatic carbocycles. The molecule has 2 rings (SSSR count). The average molecular weight is 373 g/mol. The summed E-state index contributed by atoms with van der Waals surface area (Å²) < 4.78 is 19.4. The Morgan fingerprint density at radius 2 is 2.05 bits per heavy atom. The van der Waals surface area contributed by atoms with Crippen LogP contribution in [0.3, 0.4) is 0 Å². The van der Waals surface area contributed by atoms with Crippen LogP contribution in [0.25, 0.3) is 0 Å². The molecule has 0 aliphatic heterocycles. The highest BCUT2D eigenvalue weighted by molar-refractivity contribution is 9.10. The Labute approximate surface area is 137 Å². The number of hydrogen-bond acceptors (Lipinski definition) is 2. The van der Waals surface area contributed by atoms with Crippen LogP contribution in [0.1, 0.15) is 18.9 Å². The summed E-state index contributed by atoms with van der Waals surface area (Å²) in [6.45, 7) is 3.21. The highest BCUT2D eigenvalue weighted by Gasteiger charge is 2.04. The van der Waals surface area contributed by atoms with Crippen LogP contribution < -0.4 is 10.1 Å². The number of rotatable bonds is 6. The minimum atomic E-state index is -0.268. The van der Waals surface area contributed by atoms with E-state index in [1.54, 1.807) is 6.07 Å². The summed E-state index contributed by atoms with van der Waals surface area (Å²) in [6.07, 6.45) is 0.936. The van der Waals surface area contributed by atoms with Crippen LogP contribution in [0, 0.1) is 5.82 Å². The number of halogens is 3. The number of ether oxygens (including phenoxy) is 1. The van der Waals surface area contributed by atoms with E-state index >= 15 is 0 Å². The van der Waals surface area contributed by atoms with Crippen molar-refractivity contribution < 1.29 is 9.13 Å². The number of anilines is 1. The molecule has 0 fully saturated rings. The lowest BCUT2D eigenvalue weighted by atomic mass is 10.2. The average Bonchev–Trinajstić information content (AvgIpc) is 2.47. The fraction of sp³-hybridized carbons (Fsp3) is 0.250. The summed E-state index contributed by atoms with van der Waals surface area (Å²) >= 11 is 9.30. The van der Waals surface area contributed by atoms with Crippen LogP contribution in [-0.2, 0) is 6.54 Å². The van der Waals surface area contributed by atoms with Crippen LogP contribution >= 0.6 is 27.5 Å². The molecule has 1 N–H and O–H groups in total. The molecule has 112 valence electrons. The smallest absolute Gasteiger partial charge is 0.138 e. The van der Waals surface area contributed by atoms with Crippen molar-refractivity contribution in [3.8, 4) is 5.75 Å². The highest BCUT2D eigenvalue weighted by Crippen LogP contribution is 2.28. The summed E-state index contributed by atoms with van der Waals surface area (Å²) in [4.78, 5) is 0. The van der Waals surface area contributed by atoms with E-state index in [2.05, 4.69) is 21.2 Å². The second-order valence-corrected chi connectivity index (χ2v) is 5.86. The highest BCUT2D eigenvalue weighted by atomic mass is 79.9. The molecule has 0 atom stereocenters. The third kappa shape index (κ3) is 4.61. The quantitative estimate of drug-likeness (QED) is 0.708. The Hall–Kier alpha value is -1.26. The van der Waals surface area contributed by atoms with Crippen molar-refractivity contribution in [3.63, 3.8) is 0 Å². The lowest BCUT2D eigenvalue weighted by molar-refractivity contribution is 0.317. The maximum Gasteiger partial charge on any atom is 0.138 e. The van der Waals surface area contributed by atoms with Gasteiger partial charge in [0.1, 0.15) is 11.6 Å². The minimum Gasteiger partial charge on any atom is -0.492 e. The largest absolute Gasteiger partial charge is 0.492 e. The van der Waals surface area contributed by atoms with E-state index < -0.39 is 0 Å². The molecule has 0 amide bonds. The van der Waals surface area contributed by atoms with Gasteiger partial charge in [0.25, 0.3) is 0 Å². The van der Waals surface area contributed by atoms with Gasteiger partial charge < -0.3 is 10.1 Å². The Balaban J connectivity index is 1.99. The van der Waals surface area contributed by atoms with E-state index in [0.717, 1.165) is 17.7 Å². The Morgan fingerprint density at radius 1 is 1.24 bits per heavy atom. The van der Waals surface area contributed by atoms with E-state index in [1.165, 1.54) is 6.07 Å². The van der Waals surface area contributed by atoms with Crippen molar-refractivity contribution in [3.05, 3.63) is 57.3 Å². The van der Waals surface area contributed by atoms with Gasteiger partial charge in [-0.25, -0.2) is 4.39 Å². The van der Waals surface area contributed by atoms with Crippen LogP contribution in [0.2, 0.25) is 5.02 Å². The number of hydrogen-bond donors (Lipinski definition) is 1. The zero-order chi connectivity index (χ0) is 15.2. The molecule has 5 heteroatoms. The summed E-state index contributed by atoms with van der Waals surface area (Å²) in [5.41, 5.74) is 1.73. The molecule has 0 saturated heterocycles. The maximum atomic E-state index is 13.4. The summed E-state index contributed by atoms with van der Waals surface area (Å²) in [5.74, 6) is 0.411. The van der Waals surface area contributed by atoms with E-state index in [9.17, 15) is 4.39 Å². The van der Waals surface area contributed by atoms with Crippen LogP contribution in [0.5, 0.6) is 5.75 Å². The van der Waals surface area contributed by atoms with E-state index in [0.29, 0.717) is 28.4 Å². The molecule has 0 aromatic heterocycles. The van der Waals surface area contributed by atoms with Crippen molar-refractivity contribution in [2.75, 3.05) is 11.9 Å². The van der Waals surface area contributed by atoms with Gasteiger partial charge in [0.15, 0.2) is 0 Å². The number of nitrogens with one attached hydrogen (secondary N) is 1. The molecule has 0 bridgehead atoms. The van der Waals surface area contributed by atoms with Crippen molar-refractivity contribution in [1.82, 2.24) is 0 Å². The Kier molecular flexibility index (Phi) is 5.88. The first-order chi connectivity index (χ1) is 10.1. The van der Waals surface area contributed by atoms with E-state index in [1.807, 2.05) is 31.2 Å². The van der Waals surface area contributed by atoms with Crippen LogP contribution in [-0.4, -0.2) is 6.61 Å². The lowest BCUT2D eigenvalue weighted by Crippen LogP contribution is -2.01. The van der Waals surface area contributed by atoms with Gasteiger partial charge in [-0.05, 0) is 58.2 Å². The van der Waals surface area contributed by atoms with Crippen molar-refractivity contribution in [2.24, 2.45) is 0 Å². The molecular weight excluding hydrogens is 357 g/mol. The van der Waals surface area contributed by atoms with Crippen LogP contribution in [0.15, 0.2) is 40.9 Å². The zero-order valence-corrected chi connectivity index (χ0v) is 14.0. The van der Waals surface area contributed by atoms with E-state index in [4.69, 9.17) is 16.3 Å². The molecular formula is C16H16BrClFNO. The monoisotopic (exact) mass is 371 g/mol. The van der Waals surface area contributed by atoms with Gasteiger partial charge >= 0.3 is 0 Å². The van der Waals surface area contributed by atoms with Gasteiger partial charge in [-0.1, -0.05) is 24.6 Å².